The van der Waals surface area contributed by atoms with Gasteiger partial charge in [0.15, 0.2) is 5.78 Å². The quantitative estimate of drug-likeness (QED) is 0.787. The molecule has 0 spiro atoms. The van der Waals surface area contributed by atoms with Crippen LogP contribution in [0.15, 0.2) is 0 Å². The second kappa shape index (κ2) is 5.21. The van der Waals surface area contributed by atoms with Crippen LogP contribution in [0, 0.1) is 6.92 Å². The first-order chi connectivity index (χ1) is 10.8. The number of aryl methyl sites for hydroxylation is 1. The van der Waals surface area contributed by atoms with Crippen molar-refractivity contribution >= 4 is 17.6 Å². The summed E-state index contributed by atoms with van der Waals surface area (Å²) in [5.41, 5.74) is 1.78. The van der Waals surface area contributed by atoms with E-state index in [0.717, 1.165) is 0 Å². The number of nitrogens with one attached hydrogen (secondary N) is 3. The number of alkyl halides is 3. The SMILES string of the molecule is Cc1c(C(=O)Nc2n[nH]c(C(F)(F)F)n2)[nH]c2c1C(=O)CCC2. The van der Waals surface area contributed by atoms with Crippen molar-refractivity contribution in [2.45, 2.75) is 32.4 Å². The van der Waals surface area contributed by atoms with Crippen molar-refractivity contribution in [1.29, 1.82) is 0 Å². The number of fused-ring (bicyclic) bond motifs is 1. The highest BCUT2D eigenvalue weighted by Crippen LogP contribution is 2.28. The van der Waals surface area contributed by atoms with E-state index < -0.39 is 23.9 Å². The molecule has 0 unspecified atom stereocenters. The second-order valence-corrected chi connectivity index (χ2v) is 5.21. The van der Waals surface area contributed by atoms with Gasteiger partial charge in [-0.1, -0.05) is 0 Å². The molecule has 0 saturated carbocycles. The van der Waals surface area contributed by atoms with Gasteiger partial charge < -0.3 is 4.98 Å². The van der Waals surface area contributed by atoms with Crippen LogP contribution < -0.4 is 5.32 Å². The predicted octanol–water partition coefficient (Wildman–Crippen LogP) is 2.23. The molecule has 1 amide bonds. The number of carbonyl (C=O) groups excluding carboxylic acids is 2. The normalized spacial score (nSPS) is 14.7. The highest BCUT2D eigenvalue weighted by Gasteiger charge is 2.35. The minimum Gasteiger partial charge on any atom is -0.354 e. The van der Waals surface area contributed by atoms with Gasteiger partial charge in [-0.3, -0.25) is 20.0 Å². The smallest absolute Gasteiger partial charge is 0.354 e. The number of rotatable bonds is 2. The Labute approximate surface area is 127 Å². The molecule has 2 heterocycles. The molecule has 0 bridgehead atoms. The number of ketones is 1. The Morgan fingerprint density at radius 3 is 2.65 bits per heavy atom. The van der Waals surface area contributed by atoms with E-state index in [-0.39, 0.29) is 11.5 Å². The molecular formula is C13H12F3N5O2. The molecule has 2 aromatic heterocycles. The van der Waals surface area contributed by atoms with Gasteiger partial charge in [0.05, 0.1) is 0 Å². The number of aromatic nitrogens is 4. The first-order valence-electron chi connectivity index (χ1n) is 6.83. The Hall–Kier alpha value is -2.65. The van der Waals surface area contributed by atoms with E-state index in [4.69, 9.17) is 0 Å². The molecule has 0 fully saturated rings. The Balaban J connectivity index is 1.84. The fourth-order valence-electron chi connectivity index (χ4n) is 2.61. The monoisotopic (exact) mass is 327 g/mol. The largest absolute Gasteiger partial charge is 0.451 e. The van der Waals surface area contributed by atoms with E-state index in [1.165, 1.54) is 0 Å². The molecule has 0 radical (unpaired) electrons. The van der Waals surface area contributed by atoms with Crippen molar-refractivity contribution in [3.8, 4) is 0 Å². The Bertz CT molecular complexity index is 790. The van der Waals surface area contributed by atoms with Crippen molar-refractivity contribution in [3.63, 3.8) is 0 Å². The van der Waals surface area contributed by atoms with Crippen LogP contribution >= 0.6 is 0 Å². The maximum atomic E-state index is 12.4. The van der Waals surface area contributed by atoms with E-state index in [0.29, 0.717) is 36.1 Å². The van der Waals surface area contributed by atoms with Gasteiger partial charge in [-0.15, -0.1) is 5.10 Å². The van der Waals surface area contributed by atoms with Crippen molar-refractivity contribution in [1.82, 2.24) is 20.2 Å². The summed E-state index contributed by atoms with van der Waals surface area (Å²) in [7, 11) is 0. The van der Waals surface area contributed by atoms with Gasteiger partial charge in [0.25, 0.3) is 5.91 Å². The first kappa shape index (κ1) is 15.3. The molecular weight excluding hydrogens is 315 g/mol. The third-order valence-corrected chi connectivity index (χ3v) is 3.64. The molecule has 3 N–H and O–H groups in total. The number of H-pyrrole nitrogens is 2. The van der Waals surface area contributed by atoms with Crippen LogP contribution in [0.3, 0.4) is 0 Å². The molecule has 0 atom stereocenters. The highest BCUT2D eigenvalue weighted by molar-refractivity contribution is 6.07. The Kier molecular flexibility index (Phi) is 3.46. The molecule has 3 rings (SSSR count). The van der Waals surface area contributed by atoms with Crippen LogP contribution in [0.2, 0.25) is 0 Å². The fourth-order valence-corrected chi connectivity index (χ4v) is 2.61. The Morgan fingerprint density at radius 2 is 2.04 bits per heavy atom. The fraction of sp³-hybridized carbons (Fsp3) is 0.385. The van der Waals surface area contributed by atoms with Crippen LogP contribution in [0.1, 0.15) is 50.8 Å². The standard InChI is InChI=1S/C13H12F3N5O2/c1-5-8-6(3-2-4-7(8)22)17-9(5)10(23)18-12-19-11(20-21-12)13(14,15)16/h17H,2-4H2,1H3,(H2,18,19,20,21,23). The average Bonchev–Trinajstić information content (AvgIpc) is 3.04. The predicted molar refractivity (Wildman–Crippen MR) is 72.1 cm³/mol. The zero-order valence-electron chi connectivity index (χ0n) is 12.0. The molecule has 0 saturated heterocycles. The molecule has 7 nitrogen and oxygen atoms in total. The van der Waals surface area contributed by atoms with Gasteiger partial charge in [0, 0.05) is 17.7 Å². The third kappa shape index (κ3) is 2.71. The van der Waals surface area contributed by atoms with E-state index in [2.05, 4.69) is 20.4 Å². The number of halogens is 3. The van der Waals surface area contributed by atoms with Gasteiger partial charge in [-0.25, -0.2) is 0 Å². The number of aromatic amines is 2. The number of anilines is 1. The maximum Gasteiger partial charge on any atom is 0.451 e. The molecule has 2 aromatic rings. The van der Waals surface area contributed by atoms with Crippen molar-refractivity contribution in [3.05, 3.63) is 28.3 Å². The summed E-state index contributed by atoms with van der Waals surface area (Å²) in [4.78, 5) is 30.1. The van der Waals surface area contributed by atoms with E-state index in [1.54, 1.807) is 12.0 Å². The Morgan fingerprint density at radius 1 is 1.30 bits per heavy atom. The van der Waals surface area contributed by atoms with Crippen LogP contribution in [0.4, 0.5) is 19.1 Å². The zero-order chi connectivity index (χ0) is 16.8. The maximum absolute atomic E-state index is 12.4. The summed E-state index contributed by atoms with van der Waals surface area (Å²) >= 11 is 0. The minimum absolute atomic E-state index is 0.0451. The molecule has 23 heavy (non-hydrogen) atoms. The summed E-state index contributed by atoms with van der Waals surface area (Å²) in [5.74, 6) is -2.53. The van der Waals surface area contributed by atoms with Gasteiger partial charge in [-0.2, -0.15) is 18.2 Å². The van der Waals surface area contributed by atoms with Crippen molar-refractivity contribution in [2.75, 3.05) is 5.32 Å². The zero-order valence-corrected chi connectivity index (χ0v) is 12.0. The van der Waals surface area contributed by atoms with E-state index in [1.807, 2.05) is 0 Å². The third-order valence-electron chi connectivity index (χ3n) is 3.64. The number of Topliss-reactive ketones (excluding diaryl/α,β-unsaturated/α-hetero) is 1. The summed E-state index contributed by atoms with van der Waals surface area (Å²) in [6.07, 6.45) is -2.91. The molecule has 1 aliphatic rings. The molecule has 10 heteroatoms. The molecule has 122 valence electrons. The second-order valence-electron chi connectivity index (χ2n) is 5.21. The lowest BCUT2D eigenvalue weighted by Crippen LogP contribution is -2.15. The number of hydrogen-bond donors (Lipinski definition) is 3. The summed E-state index contributed by atoms with van der Waals surface area (Å²) < 4.78 is 37.3. The van der Waals surface area contributed by atoms with Gasteiger partial charge in [-0.05, 0) is 25.3 Å². The molecule has 1 aliphatic carbocycles. The molecule has 0 aromatic carbocycles. The van der Waals surface area contributed by atoms with Gasteiger partial charge >= 0.3 is 6.18 Å². The van der Waals surface area contributed by atoms with Crippen LogP contribution in [-0.4, -0.2) is 31.9 Å². The number of hydrogen-bond acceptors (Lipinski definition) is 4. The van der Waals surface area contributed by atoms with Crippen LogP contribution in [0.5, 0.6) is 0 Å². The highest BCUT2D eigenvalue weighted by atomic mass is 19.4. The van der Waals surface area contributed by atoms with Crippen molar-refractivity contribution < 1.29 is 22.8 Å². The first-order valence-corrected chi connectivity index (χ1v) is 6.83. The lowest BCUT2D eigenvalue weighted by atomic mass is 9.94. The number of carbonyl (C=O) groups is 2. The topological polar surface area (TPSA) is 104 Å². The number of amides is 1. The minimum atomic E-state index is -4.68. The van der Waals surface area contributed by atoms with E-state index >= 15 is 0 Å². The van der Waals surface area contributed by atoms with Crippen LogP contribution in [-0.2, 0) is 12.6 Å². The van der Waals surface area contributed by atoms with Gasteiger partial charge in [0.2, 0.25) is 11.8 Å². The van der Waals surface area contributed by atoms with Crippen LogP contribution in [0.25, 0.3) is 0 Å². The van der Waals surface area contributed by atoms with Gasteiger partial charge in [0.1, 0.15) is 5.69 Å². The summed E-state index contributed by atoms with van der Waals surface area (Å²) in [6, 6.07) is 0. The summed E-state index contributed by atoms with van der Waals surface area (Å²) in [5, 5.41) is 7.19. The average molecular weight is 327 g/mol. The van der Waals surface area contributed by atoms with E-state index in [9.17, 15) is 22.8 Å². The lowest BCUT2D eigenvalue weighted by Gasteiger charge is -2.09. The van der Waals surface area contributed by atoms with Crippen molar-refractivity contribution in [2.24, 2.45) is 0 Å². The number of nitrogens with zero attached hydrogens (tertiary/aromatic N) is 2. The lowest BCUT2D eigenvalue weighted by molar-refractivity contribution is -0.144. The summed E-state index contributed by atoms with van der Waals surface area (Å²) in [6.45, 7) is 1.62. The molecule has 0 aliphatic heterocycles.